The summed E-state index contributed by atoms with van der Waals surface area (Å²) in [5, 5.41) is 0. The summed E-state index contributed by atoms with van der Waals surface area (Å²) < 4.78 is 10.1. The molecule has 0 atom stereocenters. The highest BCUT2D eigenvalue weighted by Gasteiger charge is 2.23. The molecular formula is C20H22N2O4. The molecule has 1 aromatic carbocycles. The van der Waals surface area contributed by atoms with E-state index < -0.39 is 0 Å². The fourth-order valence-corrected chi connectivity index (χ4v) is 2.85. The van der Waals surface area contributed by atoms with E-state index in [0.29, 0.717) is 13.1 Å². The largest absolute Gasteiger partial charge is 0.490 e. The number of benzene rings is 1. The third-order valence-electron chi connectivity index (χ3n) is 4.36. The SMILES string of the molecule is COc1coc(C(=O)N2CCN(CC=Cc3ccccc3)CC2)cc1=O. The highest BCUT2D eigenvalue weighted by Crippen LogP contribution is 2.11. The fourth-order valence-electron chi connectivity index (χ4n) is 2.85. The molecule has 6 nitrogen and oxygen atoms in total. The number of methoxy groups -OCH3 is 1. The van der Waals surface area contributed by atoms with Crippen LogP contribution in [0.4, 0.5) is 0 Å². The Labute approximate surface area is 152 Å². The number of nitrogens with zero attached hydrogens (tertiary/aromatic N) is 2. The number of amides is 1. The normalized spacial score (nSPS) is 15.3. The van der Waals surface area contributed by atoms with Gasteiger partial charge in [0.1, 0.15) is 6.26 Å². The van der Waals surface area contributed by atoms with Gasteiger partial charge in [-0.1, -0.05) is 42.5 Å². The van der Waals surface area contributed by atoms with E-state index in [2.05, 4.69) is 29.2 Å². The topological polar surface area (TPSA) is 63.0 Å². The van der Waals surface area contributed by atoms with Crippen LogP contribution in [0.15, 0.2) is 57.9 Å². The van der Waals surface area contributed by atoms with Gasteiger partial charge in [-0.05, 0) is 5.56 Å². The van der Waals surface area contributed by atoms with Gasteiger partial charge in [-0.15, -0.1) is 0 Å². The highest BCUT2D eigenvalue weighted by atomic mass is 16.5. The summed E-state index contributed by atoms with van der Waals surface area (Å²) in [6.45, 7) is 3.62. The van der Waals surface area contributed by atoms with E-state index in [9.17, 15) is 9.59 Å². The number of hydrogen-bond donors (Lipinski definition) is 0. The molecule has 0 bridgehead atoms. The van der Waals surface area contributed by atoms with Crippen molar-refractivity contribution in [3.05, 3.63) is 70.3 Å². The zero-order chi connectivity index (χ0) is 18.4. The van der Waals surface area contributed by atoms with E-state index in [1.54, 1.807) is 4.90 Å². The zero-order valence-electron chi connectivity index (χ0n) is 14.8. The lowest BCUT2D eigenvalue weighted by Crippen LogP contribution is -2.48. The molecule has 26 heavy (non-hydrogen) atoms. The minimum atomic E-state index is -0.355. The Kier molecular flexibility index (Phi) is 5.86. The van der Waals surface area contributed by atoms with Crippen molar-refractivity contribution < 1.29 is 13.9 Å². The summed E-state index contributed by atoms with van der Waals surface area (Å²) in [6, 6.07) is 11.4. The van der Waals surface area contributed by atoms with Crippen molar-refractivity contribution in [3.8, 4) is 5.75 Å². The van der Waals surface area contributed by atoms with Crippen LogP contribution in [0.25, 0.3) is 6.08 Å². The first-order chi connectivity index (χ1) is 12.7. The molecule has 0 saturated carbocycles. The third kappa shape index (κ3) is 4.40. The van der Waals surface area contributed by atoms with Crippen molar-refractivity contribution in [1.82, 2.24) is 9.80 Å². The minimum Gasteiger partial charge on any atom is -0.490 e. The van der Waals surface area contributed by atoms with Crippen LogP contribution in [0.2, 0.25) is 0 Å². The monoisotopic (exact) mass is 354 g/mol. The Morgan fingerprint density at radius 3 is 2.58 bits per heavy atom. The molecule has 0 unspecified atom stereocenters. The van der Waals surface area contributed by atoms with Gasteiger partial charge in [0.2, 0.25) is 11.2 Å². The fraction of sp³-hybridized carbons (Fsp3) is 0.300. The average molecular weight is 354 g/mol. The molecule has 1 fully saturated rings. The second-order valence-corrected chi connectivity index (χ2v) is 6.08. The van der Waals surface area contributed by atoms with E-state index in [1.165, 1.54) is 25.0 Å². The lowest BCUT2D eigenvalue weighted by atomic mass is 10.2. The Bertz CT molecular complexity index is 821. The summed E-state index contributed by atoms with van der Waals surface area (Å²) in [5.74, 6) is -0.117. The molecule has 136 valence electrons. The molecule has 0 radical (unpaired) electrons. The summed E-state index contributed by atoms with van der Waals surface area (Å²) in [5.41, 5.74) is 0.822. The smallest absolute Gasteiger partial charge is 0.289 e. The number of carbonyl (C=O) groups excluding carboxylic acids is 1. The second-order valence-electron chi connectivity index (χ2n) is 6.08. The Morgan fingerprint density at radius 2 is 1.92 bits per heavy atom. The van der Waals surface area contributed by atoms with Gasteiger partial charge in [-0.3, -0.25) is 14.5 Å². The molecule has 1 aliphatic rings. The quantitative estimate of drug-likeness (QED) is 0.823. The predicted molar refractivity (Wildman–Crippen MR) is 99.3 cm³/mol. The van der Waals surface area contributed by atoms with Gasteiger partial charge in [-0.25, -0.2) is 0 Å². The maximum Gasteiger partial charge on any atom is 0.289 e. The molecular weight excluding hydrogens is 332 g/mol. The van der Waals surface area contributed by atoms with Crippen LogP contribution in [0.5, 0.6) is 5.75 Å². The van der Waals surface area contributed by atoms with Gasteiger partial charge in [0.25, 0.3) is 5.91 Å². The molecule has 1 amide bonds. The second kappa shape index (κ2) is 8.49. The maximum atomic E-state index is 12.5. The van der Waals surface area contributed by atoms with Gasteiger partial charge < -0.3 is 14.1 Å². The Balaban J connectivity index is 1.51. The molecule has 1 saturated heterocycles. The Hall–Kier alpha value is -2.86. The molecule has 2 heterocycles. The lowest BCUT2D eigenvalue weighted by Gasteiger charge is -2.33. The first kappa shape index (κ1) is 17.9. The van der Waals surface area contributed by atoms with Crippen LogP contribution in [-0.2, 0) is 0 Å². The standard InChI is InChI=1S/C20H22N2O4/c1-25-19-15-26-18(14-17(19)23)20(24)22-12-10-21(11-13-22)9-5-8-16-6-3-2-4-7-16/h2-8,14-15H,9-13H2,1H3. The summed E-state index contributed by atoms with van der Waals surface area (Å²) >= 11 is 0. The number of ether oxygens (including phenoxy) is 1. The van der Waals surface area contributed by atoms with Crippen molar-refractivity contribution in [2.45, 2.75) is 0 Å². The van der Waals surface area contributed by atoms with Crippen LogP contribution in [0.3, 0.4) is 0 Å². The van der Waals surface area contributed by atoms with Crippen molar-refractivity contribution >= 4 is 12.0 Å². The summed E-state index contributed by atoms with van der Waals surface area (Å²) in [7, 11) is 1.39. The molecule has 0 spiro atoms. The number of hydrogen-bond acceptors (Lipinski definition) is 5. The molecule has 6 heteroatoms. The van der Waals surface area contributed by atoms with E-state index in [-0.39, 0.29) is 22.8 Å². The number of piperazine rings is 1. The lowest BCUT2D eigenvalue weighted by molar-refractivity contribution is 0.0616. The van der Waals surface area contributed by atoms with Crippen LogP contribution >= 0.6 is 0 Å². The highest BCUT2D eigenvalue weighted by molar-refractivity contribution is 5.91. The van der Waals surface area contributed by atoms with E-state index >= 15 is 0 Å². The zero-order valence-corrected chi connectivity index (χ0v) is 14.8. The van der Waals surface area contributed by atoms with Crippen LogP contribution < -0.4 is 10.2 Å². The molecule has 2 aromatic rings. The van der Waals surface area contributed by atoms with Crippen molar-refractivity contribution in [1.29, 1.82) is 0 Å². The maximum absolute atomic E-state index is 12.5. The van der Waals surface area contributed by atoms with Crippen molar-refractivity contribution in [3.63, 3.8) is 0 Å². The molecule has 1 aromatic heterocycles. The third-order valence-corrected chi connectivity index (χ3v) is 4.36. The predicted octanol–water partition coefficient (Wildman–Crippen LogP) is 2.12. The van der Waals surface area contributed by atoms with E-state index in [1.807, 2.05) is 18.2 Å². The van der Waals surface area contributed by atoms with Gasteiger partial charge >= 0.3 is 0 Å². The first-order valence-corrected chi connectivity index (χ1v) is 8.57. The van der Waals surface area contributed by atoms with Crippen LogP contribution in [-0.4, -0.2) is 55.5 Å². The number of carbonyl (C=O) groups is 1. The van der Waals surface area contributed by atoms with Crippen molar-refractivity contribution in [2.24, 2.45) is 0 Å². The van der Waals surface area contributed by atoms with Gasteiger partial charge in [0, 0.05) is 38.8 Å². The van der Waals surface area contributed by atoms with Gasteiger partial charge in [0.05, 0.1) is 7.11 Å². The van der Waals surface area contributed by atoms with Gasteiger partial charge in [-0.2, -0.15) is 0 Å². The molecule has 0 aliphatic carbocycles. The van der Waals surface area contributed by atoms with E-state index in [0.717, 1.165) is 19.6 Å². The van der Waals surface area contributed by atoms with Crippen LogP contribution in [0.1, 0.15) is 16.1 Å². The molecule has 3 rings (SSSR count). The minimum absolute atomic E-state index is 0.0493. The van der Waals surface area contributed by atoms with Crippen LogP contribution in [0, 0.1) is 0 Å². The first-order valence-electron chi connectivity index (χ1n) is 8.57. The summed E-state index contributed by atoms with van der Waals surface area (Å²) in [6.07, 6.45) is 5.42. The van der Waals surface area contributed by atoms with Crippen molar-refractivity contribution in [2.75, 3.05) is 39.8 Å². The van der Waals surface area contributed by atoms with E-state index in [4.69, 9.17) is 9.15 Å². The summed E-state index contributed by atoms with van der Waals surface area (Å²) in [4.78, 5) is 28.2. The molecule has 0 N–H and O–H groups in total. The average Bonchev–Trinajstić information content (AvgIpc) is 2.69. The Morgan fingerprint density at radius 1 is 1.19 bits per heavy atom. The number of rotatable bonds is 5. The molecule has 1 aliphatic heterocycles. The van der Waals surface area contributed by atoms with Gasteiger partial charge in [0.15, 0.2) is 5.76 Å².